The summed E-state index contributed by atoms with van der Waals surface area (Å²) >= 11 is 6.14. The van der Waals surface area contributed by atoms with Gasteiger partial charge in [-0.25, -0.2) is 8.42 Å². The number of halogens is 1. The molecule has 0 unspecified atom stereocenters. The monoisotopic (exact) mass is 409 g/mol. The number of hydrogen-bond acceptors (Lipinski definition) is 4. The number of rotatable bonds is 7. The van der Waals surface area contributed by atoms with Crippen LogP contribution in [0.3, 0.4) is 0 Å². The highest BCUT2D eigenvalue weighted by atomic mass is 35.5. The molecule has 0 amide bonds. The molecule has 0 aliphatic carbocycles. The molecule has 3 rings (SSSR count). The minimum atomic E-state index is -3.26. The summed E-state index contributed by atoms with van der Waals surface area (Å²) in [7, 11) is -3.26. The van der Waals surface area contributed by atoms with Gasteiger partial charge in [-0.3, -0.25) is 0 Å². The Kier molecular flexibility index (Phi) is 6.76. The predicted octanol–water partition coefficient (Wildman–Crippen LogP) is 3.99. The van der Waals surface area contributed by atoms with Crippen molar-refractivity contribution in [1.29, 1.82) is 0 Å². The van der Waals surface area contributed by atoms with Crippen LogP contribution in [0.15, 0.2) is 42.5 Å². The average molecular weight is 410 g/mol. The van der Waals surface area contributed by atoms with Crippen molar-refractivity contribution in [2.75, 3.05) is 18.9 Å². The summed E-state index contributed by atoms with van der Waals surface area (Å²) in [6.45, 7) is 3.77. The Hall–Kier alpha value is -1.60. The average Bonchev–Trinajstić information content (AvgIpc) is 2.86. The second kappa shape index (κ2) is 9.06. The van der Waals surface area contributed by atoms with Crippen LogP contribution in [-0.4, -0.2) is 31.6 Å². The van der Waals surface area contributed by atoms with Gasteiger partial charge in [-0.15, -0.1) is 0 Å². The second-order valence-electron chi connectivity index (χ2n) is 6.52. The molecule has 27 heavy (non-hydrogen) atoms. The Bertz CT molecular complexity index is 885. The molecule has 5 nitrogen and oxygen atoms in total. The topological polar surface area (TPSA) is 55.8 Å². The van der Waals surface area contributed by atoms with Crippen LogP contribution in [0.5, 0.6) is 5.75 Å². The lowest BCUT2D eigenvalue weighted by Gasteiger charge is -2.19. The Morgan fingerprint density at radius 1 is 1.19 bits per heavy atom. The molecule has 0 spiro atoms. The molecule has 0 saturated heterocycles. The highest BCUT2D eigenvalue weighted by molar-refractivity contribution is 7.89. The highest BCUT2D eigenvalue weighted by Gasteiger charge is 2.25. The lowest BCUT2D eigenvalue weighted by Crippen LogP contribution is -2.34. The summed E-state index contributed by atoms with van der Waals surface area (Å²) in [4.78, 5) is 0. The van der Waals surface area contributed by atoms with Gasteiger partial charge in [-0.2, -0.15) is 4.31 Å². The van der Waals surface area contributed by atoms with E-state index in [0.717, 1.165) is 22.4 Å². The lowest BCUT2D eigenvalue weighted by molar-refractivity contribution is 0.107. The molecule has 0 bridgehead atoms. The zero-order chi connectivity index (χ0) is 19.3. The van der Waals surface area contributed by atoms with Gasteiger partial charge < -0.3 is 9.47 Å². The summed E-state index contributed by atoms with van der Waals surface area (Å²) in [6, 6.07) is 13.4. The first-order valence-corrected chi connectivity index (χ1v) is 11.0. The van der Waals surface area contributed by atoms with Gasteiger partial charge in [-0.1, -0.05) is 42.8 Å². The van der Waals surface area contributed by atoms with Gasteiger partial charge in [0.25, 0.3) is 0 Å². The SMILES string of the molecule is CCCS(=O)(=O)N1CCOc2ccc(COCc3ccccc3Cl)cc2C1. The fourth-order valence-electron chi connectivity index (χ4n) is 3.03. The van der Waals surface area contributed by atoms with E-state index in [2.05, 4.69) is 0 Å². The number of ether oxygens (including phenoxy) is 2. The molecule has 0 atom stereocenters. The van der Waals surface area contributed by atoms with Crippen LogP contribution >= 0.6 is 11.6 Å². The Morgan fingerprint density at radius 3 is 2.78 bits per heavy atom. The Morgan fingerprint density at radius 2 is 2.00 bits per heavy atom. The molecule has 0 aromatic heterocycles. The first-order chi connectivity index (χ1) is 13.0. The standard InChI is InChI=1S/C20H24ClNO4S/c1-2-11-27(23,24)22-9-10-26-20-8-7-16(12-18(20)13-22)14-25-15-17-5-3-4-6-19(17)21/h3-8,12H,2,9-11,13-15H2,1H3. The molecule has 0 radical (unpaired) electrons. The smallest absolute Gasteiger partial charge is 0.214 e. The second-order valence-corrected chi connectivity index (χ2v) is 9.02. The highest BCUT2D eigenvalue weighted by Crippen LogP contribution is 2.26. The Labute approximate surface area is 165 Å². The molecular weight excluding hydrogens is 386 g/mol. The van der Waals surface area contributed by atoms with E-state index in [9.17, 15) is 8.42 Å². The molecule has 1 aliphatic rings. The van der Waals surface area contributed by atoms with Gasteiger partial charge in [0.15, 0.2) is 0 Å². The quantitative estimate of drug-likeness (QED) is 0.693. The van der Waals surface area contributed by atoms with Crippen molar-refractivity contribution in [2.24, 2.45) is 0 Å². The van der Waals surface area contributed by atoms with Gasteiger partial charge in [0.1, 0.15) is 12.4 Å². The van der Waals surface area contributed by atoms with Crippen molar-refractivity contribution in [3.05, 3.63) is 64.2 Å². The van der Waals surface area contributed by atoms with Crippen molar-refractivity contribution < 1.29 is 17.9 Å². The van der Waals surface area contributed by atoms with Crippen LogP contribution in [0.2, 0.25) is 5.02 Å². The maximum absolute atomic E-state index is 12.4. The number of benzene rings is 2. The van der Waals surface area contributed by atoms with E-state index in [-0.39, 0.29) is 5.75 Å². The maximum Gasteiger partial charge on any atom is 0.214 e. The molecule has 1 heterocycles. The number of hydrogen-bond donors (Lipinski definition) is 0. The predicted molar refractivity (Wildman–Crippen MR) is 106 cm³/mol. The van der Waals surface area contributed by atoms with E-state index < -0.39 is 10.0 Å². The van der Waals surface area contributed by atoms with Crippen molar-refractivity contribution in [3.8, 4) is 5.75 Å². The number of fused-ring (bicyclic) bond motifs is 1. The van der Waals surface area contributed by atoms with E-state index in [4.69, 9.17) is 21.1 Å². The van der Waals surface area contributed by atoms with Crippen molar-refractivity contribution >= 4 is 21.6 Å². The van der Waals surface area contributed by atoms with Gasteiger partial charge in [0.2, 0.25) is 10.0 Å². The van der Waals surface area contributed by atoms with Crippen LogP contribution in [0.1, 0.15) is 30.0 Å². The summed E-state index contributed by atoms with van der Waals surface area (Å²) in [5, 5.41) is 0.685. The van der Waals surface area contributed by atoms with Crippen LogP contribution in [0.25, 0.3) is 0 Å². The van der Waals surface area contributed by atoms with E-state index in [1.165, 1.54) is 4.31 Å². The molecule has 2 aromatic carbocycles. The van der Waals surface area contributed by atoms with Crippen molar-refractivity contribution in [1.82, 2.24) is 4.31 Å². The number of sulfonamides is 1. The van der Waals surface area contributed by atoms with Crippen molar-refractivity contribution in [3.63, 3.8) is 0 Å². The minimum absolute atomic E-state index is 0.156. The van der Waals surface area contributed by atoms with Crippen molar-refractivity contribution in [2.45, 2.75) is 33.1 Å². The minimum Gasteiger partial charge on any atom is -0.492 e. The first-order valence-electron chi connectivity index (χ1n) is 9.03. The Balaban J connectivity index is 1.68. The number of nitrogens with zero attached hydrogens (tertiary/aromatic N) is 1. The third-order valence-corrected chi connectivity index (χ3v) is 6.80. The molecule has 2 aromatic rings. The molecular formula is C20H24ClNO4S. The zero-order valence-electron chi connectivity index (χ0n) is 15.4. The van der Waals surface area contributed by atoms with Gasteiger partial charge in [0.05, 0.1) is 19.0 Å². The van der Waals surface area contributed by atoms with Crippen LogP contribution in [-0.2, 0) is 34.5 Å². The maximum atomic E-state index is 12.4. The molecule has 0 N–H and O–H groups in total. The molecule has 1 aliphatic heterocycles. The summed E-state index contributed by atoms with van der Waals surface area (Å²) < 4.78 is 37.9. The lowest BCUT2D eigenvalue weighted by atomic mass is 10.1. The summed E-state index contributed by atoms with van der Waals surface area (Å²) in [6.07, 6.45) is 0.600. The van der Waals surface area contributed by atoms with Crippen LogP contribution in [0.4, 0.5) is 0 Å². The largest absolute Gasteiger partial charge is 0.492 e. The van der Waals surface area contributed by atoms with Crippen LogP contribution < -0.4 is 4.74 Å². The fraction of sp³-hybridized carbons (Fsp3) is 0.400. The fourth-order valence-corrected chi connectivity index (χ4v) is 4.69. The third kappa shape index (κ3) is 5.23. The van der Waals surface area contributed by atoms with Gasteiger partial charge in [-0.05, 0) is 35.7 Å². The van der Waals surface area contributed by atoms with E-state index in [0.29, 0.717) is 44.4 Å². The summed E-state index contributed by atoms with van der Waals surface area (Å²) in [5.41, 5.74) is 2.78. The zero-order valence-corrected chi connectivity index (χ0v) is 16.9. The van der Waals surface area contributed by atoms with Gasteiger partial charge >= 0.3 is 0 Å². The van der Waals surface area contributed by atoms with E-state index in [1.807, 2.05) is 49.4 Å². The molecule has 146 valence electrons. The van der Waals surface area contributed by atoms with E-state index >= 15 is 0 Å². The normalized spacial score (nSPS) is 15.0. The van der Waals surface area contributed by atoms with Crippen LogP contribution in [0, 0.1) is 0 Å². The molecule has 0 saturated carbocycles. The molecule has 7 heteroatoms. The third-order valence-electron chi connectivity index (χ3n) is 4.41. The summed E-state index contributed by atoms with van der Waals surface area (Å²) in [5.74, 6) is 0.891. The first kappa shape index (κ1) is 20.1. The van der Waals surface area contributed by atoms with Gasteiger partial charge in [0, 0.05) is 23.7 Å². The molecule has 0 fully saturated rings. The van der Waals surface area contributed by atoms with E-state index in [1.54, 1.807) is 0 Å².